The molecule has 1 saturated heterocycles. The molecule has 0 aliphatic carbocycles. The third kappa shape index (κ3) is 3.07. The van der Waals surface area contributed by atoms with Crippen molar-refractivity contribution in [1.82, 2.24) is 0 Å². The lowest BCUT2D eigenvalue weighted by atomic mass is 10.1. The zero-order valence-electron chi connectivity index (χ0n) is 10.2. The Morgan fingerprint density at radius 2 is 2.17 bits per heavy atom. The normalized spacial score (nSPS) is 16.3. The summed E-state index contributed by atoms with van der Waals surface area (Å²) in [5, 5.41) is 14.1. The Morgan fingerprint density at radius 3 is 2.78 bits per heavy atom. The summed E-state index contributed by atoms with van der Waals surface area (Å²) >= 11 is 1.95. The highest BCUT2D eigenvalue weighted by Crippen LogP contribution is 2.31. The van der Waals surface area contributed by atoms with E-state index in [9.17, 15) is 10.1 Å². The van der Waals surface area contributed by atoms with E-state index in [-0.39, 0.29) is 10.6 Å². The van der Waals surface area contributed by atoms with Crippen molar-refractivity contribution < 1.29 is 9.66 Å². The molecule has 1 heterocycles. The number of hydrogen-bond acceptors (Lipinski definition) is 5. The van der Waals surface area contributed by atoms with Crippen LogP contribution in [0.5, 0.6) is 5.75 Å². The van der Waals surface area contributed by atoms with Crippen molar-refractivity contribution in [1.29, 1.82) is 0 Å². The maximum atomic E-state index is 10.8. The first-order valence-electron chi connectivity index (χ1n) is 5.87. The monoisotopic (exact) mass is 268 g/mol. The van der Waals surface area contributed by atoms with Crippen molar-refractivity contribution in [3.63, 3.8) is 0 Å². The van der Waals surface area contributed by atoms with Crippen LogP contribution in [0.25, 0.3) is 0 Å². The van der Waals surface area contributed by atoms with Gasteiger partial charge in [0.2, 0.25) is 0 Å². The van der Waals surface area contributed by atoms with Gasteiger partial charge in [0.25, 0.3) is 5.69 Å². The number of non-ortho nitro benzene ring substituents is 1. The molecule has 98 valence electrons. The summed E-state index contributed by atoms with van der Waals surface area (Å²) in [6, 6.07) is 5.02. The van der Waals surface area contributed by atoms with Crippen LogP contribution >= 0.6 is 11.8 Å². The number of hydrogen-bond donors (Lipinski definition) is 1. The predicted molar refractivity (Wildman–Crippen MR) is 73.6 cm³/mol. The molecule has 0 aromatic heterocycles. The Hall–Kier alpha value is -1.43. The number of thioether (sulfide) groups is 1. The van der Waals surface area contributed by atoms with E-state index in [1.54, 1.807) is 19.2 Å². The summed E-state index contributed by atoms with van der Waals surface area (Å²) in [5.41, 5.74) is 0.798. The van der Waals surface area contributed by atoms with E-state index in [1.165, 1.54) is 6.07 Å². The number of nitro benzene ring substituents is 1. The van der Waals surface area contributed by atoms with Crippen LogP contribution in [0, 0.1) is 10.1 Å². The lowest BCUT2D eigenvalue weighted by molar-refractivity contribution is -0.384. The summed E-state index contributed by atoms with van der Waals surface area (Å²) in [6.07, 6.45) is 2.16. The Morgan fingerprint density at radius 1 is 1.44 bits per heavy atom. The van der Waals surface area contributed by atoms with Crippen LogP contribution in [0.2, 0.25) is 0 Å². The highest BCUT2D eigenvalue weighted by atomic mass is 32.2. The molecule has 0 atom stereocenters. The lowest BCUT2D eigenvalue weighted by Crippen LogP contribution is -2.24. The van der Waals surface area contributed by atoms with E-state index < -0.39 is 0 Å². The molecular formula is C12H16N2O3S. The summed E-state index contributed by atoms with van der Waals surface area (Å²) < 4.78 is 5.23. The molecule has 18 heavy (non-hydrogen) atoms. The van der Waals surface area contributed by atoms with Gasteiger partial charge in [-0.25, -0.2) is 0 Å². The molecule has 2 rings (SSSR count). The Labute approximate surface area is 110 Å². The average Bonchev–Trinajstić information content (AvgIpc) is 2.39. The first kappa shape index (κ1) is 13.0. The van der Waals surface area contributed by atoms with Crippen LogP contribution in [0.3, 0.4) is 0 Å². The van der Waals surface area contributed by atoms with Crippen LogP contribution in [-0.2, 0) is 0 Å². The molecular weight excluding hydrogens is 252 g/mol. The standard InChI is InChI=1S/C12H16N2O3S/c1-17-12-3-2-10(14(15)16)8-11(12)13-9-4-6-18-7-5-9/h2-3,8-9,13H,4-7H2,1H3. The average molecular weight is 268 g/mol. The maximum Gasteiger partial charge on any atom is 0.271 e. The van der Waals surface area contributed by atoms with Crippen molar-refractivity contribution in [2.75, 3.05) is 23.9 Å². The number of nitro groups is 1. The van der Waals surface area contributed by atoms with E-state index in [2.05, 4.69) is 5.32 Å². The molecule has 1 fully saturated rings. The van der Waals surface area contributed by atoms with Gasteiger partial charge >= 0.3 is 0 Å². The van der Waals surface area contributed by atoms with Gasteiger partial charge < -0.3 is 10.1 Å². The Bertz CT molecular complexity index is 433. The van der Waals surface area contributed by atoms with Gasteiger partial charge in [0.15, 0.2) is 0 Å². The number of nitrogens with zero attached hydrogens (tertiary/aromatic N) is 1. The van der Waals surface area contributed by atoms with Gasteiger partial charge in [-0.05, 0) is 30.4 Å². The molecule has 0 unspecified atom stereocenters. The second kappa shape index (κ2) is 5.95. The van der Waals surface area contributed by atoms with E-state index in [0.717, 1.165) is 24.3 Å². The second-order valence-electron chi connectivity index (χ2n) is 4.17. The molecule has 0 bridgehead atoms. The topological polar surface area (TPSA) is 64.4 Å². The molecule has 0 saturated carbocycles. The Kier molecular flexibility index (Phi) is 4.30. The van der Waals surface area contributed by atoms with E-state index in [4.69, 9.17) is 4.74 Å². The third-order valence-electron chi connectivity index (χ3n) is 2.97. The fourth-order valence-electron chi connectivity index (χ4n) is 1.98. The van der Waals surface area contributed by atoms with Crippen LogP contribution in [0.1, 0.15) is 12.8 Å². The number of nitrogens with one attached hydrogen (secondary N) is 1. The van der Waals surface area contributed by atoms with Gasteiger partial charge in [0, 0.05) is 18.2 Å². The van der Waals surface area contributed by atoms with E-state index in [0.29, 0.717) is 17.5 Å². The quantitative estimate of drug-likeness (QED) is 0.672. The van der Waals surface area contributed by atoms with Crippen LogP contribution < -0.4 is 10.1 Å². The first-order valence-corrected chi connectivity index (χ1v) is 7.03. The molecule has 1 aliphatic heterocycles. The molecule has 5 nitrogen and oxygen atoms in total. The molecule has 0 spiro atoms. The smallest absolute Gasteiger partial charge is 0.271 e. The number of methoxy groups -OCH3 is 1. The minimum Gasteiger partial charge on any atom is -0.495 e. The van der Waals surface area contributed by atoms with Crippen LogP contribution in [0.15, 0.2) is 18.2 Å². The van der Waals surface area contributed by atoms with Gasteiger partial charge in [-0.1, -0.05) is 0 Å². The van der Waals surface area contributed by atoms with Gasteiger partial charge in [-0.15, -0.1) is 0 Å². The molecule has 6 heteroatoms. The van der Waals surface area contributed by atoms with E-state index in [1.807, 2.05) is 11.8 Å². The fraction of sp³-hybridized carbons (Fsp3) is 0.500. The van der Waals surface area contributed by atoms with Gasteiger partial charge in [-0.2, -0.15) is 11.8 Å². The molecule has 1 N–H and O–H groups in total. The van der Waals surface area contributed by atoms with Crippen LogP contribution in [-0.4, -0.2) is 29.6 Å². The largest absolute Gasteiger partial charge is 0.495 e. The van der Waals surface area contributed by atoms with Crippen molar-refractivity contribution >= 4 is 23.1 Å². The summed E-state index contributed by atoms with van der Waals surface area (Å²) in [5.74, 6) is 2.92. The highest BCUT2D eigenvalue weighted by molar-refractivity contribution is 7.99. The molecule has 0 amide bonds. The number of anilines is 1. The maximum absolute atomic E-state index is 10.8. The van der Waals surface area contributed by atoms with Gasteiger partial charge in [0.05, 0.1) is 17.7 Å². The van der Waals surface area contributed by atoms with Gasteiger partial charge in [0.1, 0.15) is 5.75 Å². The minimum atomic E-state index is -0.388. The highest BCUT2D eigenvalue weighted by Gasteiger charge is 2.17. The SMILES string of the molecule is COc1ccc([N+](=O)[O-])cc1NC1CCSCC1. The summed E-state index contributed by atoms with van der Waals surface area (Å²) in [6.45, 7) is 0. The molecule has 0 radical (unpaired) electrons. The van der Waals surface area contributed by atoms with Gasteiger partial charge in [-0.3, -0.25) is 10.1 Å². The molecule has 1 aromatic carbocycles. The minimum absolute atomic E-state index is 0.0866. The first-order chi connectivity index (χ1) is 8.70. The second-order valence-corrected chi connectivity index (χ2v) is 5.40. The molecule has 1 aliphatic rings. The molecule has 1 aromatic rings. The van der Waals surface area contributed by atoms with E-state index >= 15 is 0 Å². The number of rotatable bonds is 4. The predicted octanol–water partition coefficient (Wildman–Crippen LogP) is 2.91. The van der Waals surface area contributed by atoms with Crippen molar-refractivity contribution in [3.8, 4) is 5.75 Å². The fourth-order valence-corrected chi connectivity index (χ4v) is 3.09. The van der Waals surface area contributed by atoms with Crippen molar-refractivity contribution in [2.45, 2.75) is 18.9 Å². The zero-order chi connectivity index (χ0) is 13.0. The van der Waals surface area contributed by atoms with Crippen molar-refractivity contribution in [2.24, 2.45) is 0 Å². The third-order valence-corrected chi connectivity index (χ3v) is 4.02. The number of benzene rings is 1. The summed E-state index contributed by atoms with van der Waals surface area (Å²) in [7, 11) is 1.57. The van der Waals surface area contributed by atoms with Crippen molar-refractivity contribution in [3.05, 3.63) is 28.3 Å². The Balaban J connectivity index is 2.17. The number of ether oxygens (including phenoxy) is 1. The van der Waals surface area contributed by atoms with Crippen LogP contribution in [0.4, 0.5) is 11.4 Å². The lowest BCUT2D eigenvalue weighted by Gasteiger charge is -2.24. The summed E-state index contributed by atoms with van der Waals surface area (Å²) in [4.78, 5) is 10.4. The zero-order valence-corrected chi connectivity index (χ0v) is 11.0.